The summed E-state index contributed by atoms with van der Waals surface area (Å²) in [6, 6.07) is 20.4. The molecule has 6 unspecified atom stereocenters. The number of ether oxygens (including phenoxy) is 1. The number of benzene rings is 2. The average Bonchev–Trinajstić information content (AvgIpc) is 0.740. The molecule has 0 saturated carbocycles. The fraction of sp³-hybridized carbons (Fsp3) is 0.365. The molecule has 3 amide bonds. The Morgan fingerprint density at radius 3 is 1.18 bits per heavy atom. The van der Waals surface area contributed by atoms with Crippen LogP contribution in [-0.4, -0.2) is 184 Å². The topological polar surface area (TPSA) is 288 Å². The van der Waals surface area contributed by atoms with Crippen molar-refractivity contribution in [3.05, 3.63) is 247 Å². The number of methoxy groups -OCH3 is 1. The summed E-state index contributed by atoms with van der Waals surface area (Å²) in [5, 5.41) is 1.69. The van der Waals surface area contributed by atoms with Crippen LogP contribution >= 0.6 is 11.6 Å². The number of aromatic nitrogens is 14. The molecule has 10 aromatic heterocycles. The molecule has 0 bridgehead atoms. The lowest BCUT2D eigenvalue weighted by molar-refractivity contribution is -0.129. The van der Waals surface area contributed by atoms with Crippen molar-refractivity contribution in [3.63, 3.8) is 0 Å². The number of hydrogen-bond donors (Lipinski definition) is 0. The van der Waals surface area contributed by atoms with Gasteiger partial charge in [-0.2, -0.15) is 15.0 Å². The van der Waals surface area contributed by atoms with Gasteiger partial charge in [-0.05, 0) is 188 Å². The van der Waals surface area contributed by atoms with Crippen LogP contribution in [0.2, 0.25) is 5.02 Å². The molecule has 0 spiro atoms. The Bertz CT molecular complexity index is 6530. The van der Waals surface area contributed by atoms with Crippen molar-refractivity contribution in [1.29, 1.82) is 0 Å². The molecule has 3 fully saturated rings. The fourth-order valence-corrected chi connectivity index (χ4v) is 17.5. The zero-order valence-electron chi connectivity index (χ0n) is 75.1. The van der Waals surface area contributed by atoms with Gasteiger partial charge in [-0.25, -0.2) is 66.2 Å². The molecule has 3 aliphatic heterocycles. The molecule has 3 aliphatic rings. The third-order valence-electron chi connectivity index (χ3n) is 23.7. The molecule has 0 radical (unpaired) electrons. The summed E-state index contributed by atoms with van der Waals surface area (Å²) in [5.41, 5.74) is 8.35. The zero-order valence-corrected chi connectivity index (χ0v) is 75.8. The molecule has 660 valence electrons. The fourth-order valence-electron chi connectivity index (χ4n) is 17.3. The van der Waals surface area contributed by atoms with E-state index in [1.807, 2.05) is 146 Å². The SMILES string of the molecule is C=CC(=O)N1CC(C)N(c2nc(=O)n(-c3c(C)ccnc3C(C)C)c3nc(-c4c(C)cccc4F)c(F)cc23)CC1C.C=CC(=O)N1CC(C)N(c2nc(=O)n(-c3c(C)ccnc3C(C)C)c3nc(-c4ccccc4OC)c(F)cc23)CC1C.C=CC(=O)N1CC(C)N(c2nc(=O)n(-c3c(C)ccnc3C(C)C)c3nc(-c4cncnc4C(C)C)c(Cl)cc23)CC1C. The highest BCUT2D eigenvalue weighted by molar-refractivity contribution is 6.34. The Balaban J connectivity index is 0.000000163. The van der Waals surface area contributed by atoms with Crippen molar-refractivity contribution < 1.29 is 32.3 Å². The van der Waals surface area contributed by atoms with Gasteiger partial charge in [0.25, 0.3) is 0 Å². The molecule has 15 rings (SSSR count). The minimum Gasteiger partial charge on any atom is -0.496 e. The van der Waals surface area contributed by atoms with E-state index in [0.29, 0.717) is 134 Å². The zero-order chi connectivity index (χ0) is 91.9. The molecule has 0 aliphatic carbocycles. The number of hydrogen-bond acceptors (Lipinski definition) is 21. The molecular weight excluding hydrogens is 1640 g/mol. The standard InChI is InChI=1S/C32H37ClN8O2.C32H34F2N6O2.C32H35FN6O3/c1-9-25(42)39-14-21(8)40(15-20(39)7)30-22-12-24(33)28(23-13-34-16-36-26(23)17(2)3)37-31(22)41(32(43)38-30)29-19(6)10-11-35-27(29)18(4)5;1-8-25(41)38-15-21(7)39(16-20(38)6)30-22-14-24(34)28(26-18(4)10-9-11-23(26)33)36-31(22)40(32(42)37-30)29-19(5)12-13-35-27(29)17(2)3;1-8-26(40)37-16-21(6)38(17-20(37)5)30-23-15-24(33)28(22-11-9-10-12-25(22)42-7)35-31(23)39(32(41)36-30)29-19(4)13-14-34-27(29)18(2)3/h9-13,16-18,20-21H,1,14-15H2,2-8H3;8-14,17,20-21H,1,15-16H2,2-7H3;8-15,18,20-21H,1,16-17H2,2-7H3. The second-order valence-corrected chi connectivity index (χ2v) is 34.4. The first-order valence-corrected chi connectivity index (χ1v) is 42.9. The lowest BCUT2D eigenvalue weighted by atomic mass is 10.0. The van der Waals surface area contributed by atoms with E-state index >= 15 is 13.2 Å². The lowest BCUT2D eigenvalue weighted by Gasteiger charge is -2.44. The number of aryl methyl sites for hydroxylation is 4. The van der Waals surface area contributed by atoms with Gasteiger partial charge in [-0.1, -0.05) is 111 Å². The molecule has 6 atom stereocenters. The number of piperazine rings is 3. The first-order valence-electron chi connectivity index (χ1n) is 42.5. The maximum Gasteiger partial charge on any atom is 0.355 e. The number of nitrogens with zero attached hydrogens (tertiary/aromatic N) is 20. The Hall–Kier alpha value is -13.3. The molecule has 12 aromatic rings. The van der Waals surface area contributed by atoms with Gasteiger partial charge in [0.2, 0.25) is 17.7 Å². The predicted octanol–water partition coefficient (Wildman–Crippen LogP) is 16.0. The summed E-state index contributed by atoms with van der Waals surface area (Å²) in [7, 11) is 1.52. The molecule has 127 heavy (non-hydrogen) atoms. The summed E-state index contributed by atoms with van der Waals surface area (Å²) < 4.78 is 57.0. The average molecular weight is 1740 g/mol. The van der Waals surface area contributed by atoms with Crippen LogP contribution in [0.5, 0.6) is 5.75 Å². The van der Waals surface area contributed by atoms with E-state index < -0.39 is 34.5 Å². The maximum atomic E-state index is 16.0. The smallest absolute Gasteiger partial charge is 0.355 e. The number of carbonyl (C=O) groups excluding carboxylic acids is 3. The second-order valence-electron chi connectivity index (χ2n) is 34.0. The van der Waals surface area contributed by atoms with Crippen molar-refractivity contribution in [2.75, 3.05) is 61.1 Å². The summed E-state index contributed by atoms with van der Waals surface area (Å²) in [4.78, 5) is 142. The Labute approximate surface area is 740 Å². The number of amides is 3. The van der Waals surface area contributed by atoms with Gasteiger partial charge in [0.15, 0.2) is 22.8 Å². The van der Waals surface area contributed by atoms with Gasteiger partial charge < -0.3 is 34.1 Å². The van der Waals surface area contributed by atoms with E-state index in [-0.39, 0.29) is 112 Å². The van der Waals surface area contributed by atoms with Gasteiger partial charge in [-0.15, -0.1) is 0 Å². The Morgan fingerprint density at radius 1 is 0.433 bits per heavy atom. The Morgan fingerprint density at radius 2 is 0.803 bits per heavy atom. The lowest BCUT2D eigenvalue weighted by Crippen LogP contribution is -2.58. The normalized spacial score (nSPS) is 17.2. The number of para-hydroxylation sites is 1. The van der Waals surface area contributed by atoms with Crippen molar-refractivity contribution in [2.45, 2.75) is 185 Å². The van der Waals surface area contributed by atoms with Crippen molar-refractivity contribution in [3.8, 4) is 56.6 Å². The van der Waals surface area contributed by atoms with Gasteiger partial charge in [0.05, 0.1) is 73.8 Å². The van der Waals surface area contributed by atoms with E-state index in [2.05, 4.69) is 69.5 Å². The van der Waals surface area contributed by atoms with E-state index in [1.165, 1.54) is 59.0 Å². The highest BCUT2D eigenvalue weighted by Gasteiger charge is 2.39. The number of fused-ring (bicyclic) bond motifs is 3. The monoisotopic (exact) mass is 1740 g/mol. The van der Waals surface area contributed by atoms with Gasteiger partial charge >= 0.3 is 17.1 Å². The van der Waals surface area contributed by atoms with Crippen LogP contribution in [-0.2, 0) is 14.4 Å². The van der Waals surface area contributed by atoms with Crippen LogP contribution in [0.25, 0.3) is 83.9 Å². The molecule has 13 heterocycles. The highest BCUT2D eigenvalue weighted by Crippen LogP contribution is 2.42. The number of pyridine rings is 6. The second kappa shape index (κ2) is 37.5. The van der Waals surface area contributed by atoms with Crippen LogP contribution in [0.3, 0.4) is 0 Å². The van der Waals surface area contributed by atoms with Crippen LogP contribution in [0.4, 0.5) is 30.6 Å². The van der Waals surface area contributed by atoms with E-state index in [1.54, 1.807) is 93.4 Å². The van der Waals surface area contributed by atoms with Crippen LogP contribution < -0.4 is 36.5 Å². The number of halogens is 4. The number of rotatable bonds is 17. The largest absolute Gasteiger partial charge is 0.496 e. The maximum absolute atomic E-state index is 16.0. The van der Waals surface area contributed by atoms with Crippen molar-refractivity contribution in [1.82, 2.24) is 83.2 Å². The molecule has 27 nitrogen and oxygen atoms in total. The molecule has 0 N–H and O–H groups in total. The minimum atomic E-state index is -0.739. The summed E-state index contributed by atoms with van der Waals surface area (Å²) in [5.74, 6) is -0.825. The van der Waals surface area contributed by atoms with Crippen molar-refractivity contribution in [2.24, 2.45) is 0 Å². The highest BCUT2D eigenvalue weighted by atomic mass is 35.5. The molecule has 2 aromatic carbocycles. The first-order chi connectivity index (χ1) is 60.4. The third kappa shape index (κ3) is 17.5. The summed E-state index contributed by atoms with van der Waals surface area (Å²) in [6.07, 6.45) is 12.3. The van der Waals surface area contributed by atoms with E-state index in [4.69, 9.17) is 26.3 Å². The third-order valence-corrected chi connectivity index (χ3v) is 24.0. The molecule has 3 saturated heterocycles. The Kier molecular flexibility index (Phi) is 27.0. The van der Waals surface area contributed by atoms with Crippen LogP contribution in [0, 0.1) is 45.1 Å². The quantitative estimate of drug-likeness (QED) is 0.0765. The van der Waals surface area contributed by atoms with Gasteiger partial charge in [-0.3, -0.25) is 29.3 Å². The van der Waals surface area contributed by atoms with E-state index in [0.717, 1.165) is 28.1 Å². The van der Waals surface area contributed by atoms with Crippen molar-refractivity contribution >= 4 is 79.9 Å². The number of carbonyl (C=O) groups is 3. The van der Waals surface area contributed by atoms with Crippen LogP contribution in [0.1, 0.15) is 166 Å². The summed E-state index contributed by atoms with van der Waals surface area (Å²) >= 11 is 7.00. The van der Waals surface area contributed by atoms with Gasteiger partial charge in [0.1, 0.15) is 52.6 Å². The van der Waals surface area contributed by atoms with E-state index in [9.17, 15) is 28.8 Å². The first kappa shape index (κ1) is 91.4. The predicted molar refractivity (Wildman–Crippen MR) is 492 cm³/mol. The molecular formula is C96H106ClF3N20O7. The minimum absolute atomic E-state index is 0.00740. The number of anilines is 3. The van der Waals surface area contributed by atoms with Gasteiger partial charge in [0, 0.05) is 117 Å². The summed E-state index contributed by atoms with van der Waals surface area (Å²) in [6.45, 7) is 48.5. The van der Waals surface area contributed by atoms with Crippen LogP contribution in [0.15, 0.2) is 162 Å². The molecule has 31 heteroatoms.